The molecule has 2 heterocycles. The lowest BCUT2D eigenvalue weighted by molar-refractivity contribution is 0.602. The summed E-state index contributed by atoms with van der Waals surface area (Å²) >= 11 is 7.49. The number of hydrogen-bond acceptors (Lipinski definition) is 2. The Hall–Kier alpha value is -2.31. The molecule has 29 heavy (non-hydrogen) atoms. The zero-order valence-corrected chi connectivity index (χ0v) is 17.3. The maximum atomic E-state index is 15.3. The predicted octanol–water partition coefficient (Wildman–Crippen LogP) is 6.81. The summed E-state index contributed by atoms with van der Waals surface area (Å²) in [7, 11) is 0. The van der Waals surface area contributed by atoms with Crippen LogP contribution in [0.3, 0.4) is 0 Å². The molecule has 0 amide bonds. The number of hydrogen-bond donors (Lipinski definition) is 0. The predicted molar refractivity (Wildman–Crippen MR) is 112 cm³/mol. The lowest BCUT2D eigenvalue weighted by Gasteiger charge is -2.10. The minimum absolute atomic E-state index is 0.0731. The molecule has 5 rings (SSSR count). The van der Waals surface area contributed by atoms with Gasteiger partial charge in [-0.15, -0.1) is 0 Å². The van der Waals surface area contributed by atoms with Crippen LogP contribution < -0.4 is 0 Å². The Balaban J connectivity index is 1.82. The van der Waals surface area contributed by atoms with E-state index in [1.165, 1.54) is 17.8 Å². The summed E-state index contributed by atoms with van der Waals surface area (Å²) in [6.07, 6.45) is 5.70. The Morgan fingerprint density at radius 1 is 1.17 bits per heavy atom. The van der Waals surface area contributed by atoms with E-state index in [0.717, 1.165) is 41.0 Å². The average Bonchev–Trinajstić information content (AvgIpc) is 3.35. The largest absolute Gasteiger partial charge is 0.306 e. The van der Waals surface area contributed by atoms with Crippen LogP contribution in [0.5, 0.6) is 0 Å². The molecule has 2 aromatic heterocycles. The molecule has 3 nitrogen and oxygen atoms in total. The Labute approximate surface area is 176 Å². The fourth-order valence-electron chi connectivity index (χ4n) is 3.68. The van der Waals surface area contributed by atoms with Crippen LogP contribution in [-0.2, 0) is 6.54 Å². The molecule has 1 saturated carbocycles. The first kappa shape index (κ1) is 18.7. The number of benzene rings is 2. The van der Waals surface area contributed by atoms with Gasteiger partial charge in [-0.1, -0.05) is 35.5 Å². The van der Waals surface area contributed by atoms with E-state index < -0.39 is 5.82 Å². The molecule has 0 radical (unpaired) electrons. The van der Waals surface area contributed by atoms with Crippen molar-refractivity contribution in [1.82, 2.24) is 14.3 Å². The van der Waals surface area contributed by atoms with Crippen LogP contribution in [0.15, 0.2) is 58.6 Å². The highest BCUT2D eigenvalue weighted by atomic mass is 35.5. The van der Waals surface area contributed by atoms with Gasteiger partial charge in [0.1, 0.15) is 5.82 Å². The lowest BCUT2D eigenvalue weighted by atomic mass is 10.2. The van der Waals surface area contributed by atoms with Crippen LogP contribution in [0.4, 0.5) is 8.78 Å². The third kappa shape index (κ3) is 3.15. The van der Waals surface area contributed by atoms with Gasteiger partial charge in [0.25, 0.3) is 0 Å². The molecule has 0 unspecified atom stereocenters. The van der Waals surface area contributed by atoms with Crippen molar-refractivity contribution in [3.8, 4) is 5.69 Å². The van der Waals surface area contributed by atoms with E-state index in [9.17, 15) is 4.39 Å². The Kier molecular flexibility index (Phi) is 4.63. The van der Waals surface area contributed by atoms with Gasteiger partial charge < -0.3 is 4.57 Å². The monoisotopic (exact) mass is 429 g/mol. The summed E-state index contributed by atoms with van der Waals surface area (Å²) in [4.78, 5) is 1.40. The average molecular weight is 430 g/mol. The van der Waals surface area contributed by atoms with Gasteiger partial charge in [-0.3, -0.25) is 4.68 Å². The van der Waals surface area contributed by atoms with Crippen molar-refractivity contribution in [2.75, 3.05) is 0 Å². The van der Waals surface area contributed by atoms with E-state index >= 15 is 4.39 Å². The van der Waals surface area contributed by atoms with E-state index in [1.54, 1.807) is 24.4 Å². The highest BCUT2D eigenvalue weighted by Crippen LogP contribution is 2.51. The molecular formula is C22H18ClF2N3S. The van der Waals surface area contributed by atoms with Crippen LogP contribution in [-0.4, -0.2) is 14.3 Å². The summed E-state index contributed by atoms with van der Waals surface area (Å²) in [5.41, 5.74) is 2.22. The molecule has 1 fully saturated rings. The first-order valence-electron chi connectivity index (χ1n) is 9.56. The summed E-state index contributed by atoms with van der Waals surface area (Å²) in [6, 6.07) is 10.1. The molecule has 0 saturated heterocycles. The van der Waals surface area contributed by atoms with Crippen LogP contribution in [0.25, 0.3) is 16.6 Å². The van der Waals surface area contributed by atoms with Gasteiger partial charge in [-0.25, -0.2) is 8.78 Å². The van der Waals surface area contributed by atoms with Gasteiger partial charge in [-0.2, -0.15) is 5.10 Å². The molecule has 0 spiro atoms. The van der Waals surface area contributed by atoms with Crippen molar-refractivity contribution in [1.29, 1.82) is 0 Å². The third-order valence-electron chi connectivity index (χ3n) is 5.23. The van der Waals surface area contributed by atoms with Crippen LogP contribution >= 0.6 is 23.4 Å². The molecule has 0 bridgehead atoms. The Morgan fingerprint density at radius 2 is 1.97 bits per heavy atom. The zero-order chi connectivity index (χ0) is 20.1. The zero-order valence-electron chi connectivity index (χ0n) is 15.7. The summed E-state index contributed by atoms with van der Waals surface area (Å²) in [5, 5.41) is 5.19. The van der Waals surface area contributed by atoms with Gasteiger partial charge in [0.15, 0.2) is 5.82 Å². The molecular weight excluding hydrogens is 412 g/mol. The quantitative estimate of drug-likeness (QED) is 0.348. The van der Waals surface area contributed by atoms with Crippen molar-refractivity contribution in [3.63, 3.8) is 0 Å². The van der Waals surface area contributed by atoms with Gasteiger partial charge in [0, 0.05) is 39.5 Å². The van der Waals surface area contributed by atoms with Crippen LogP contribution in [0.1, 0.15) is 31.4 Å². The molecule has 148 valence electrons. The molecule has 0 aliphatic heterocycles. The highest BCUT2D eigenvalue weighted by molar-refractivity contribution is 7.99. The van der Waals surface area contributed by atoms with E-state index in [0.29, 0.717) is 16.3 Å². The number of fused-ring (bicyclic) bond motifs is 1. The molecule has 1 aliphatic rings. The van der Waals surface area contributed by atoms with Crippen molar-refractivity contribution in [3.05, 3.63) is 71.1 Å². The maximum absolute atomic E-state index is 15.3. The van der Waals surface area contributed by atoms with Gasteiger partial charge >= 0.3 is 0 Å². The number of aryl methyl sites for hydroxylation is 1. The standard InChI is InChI=1S/C22H18ClF2N3S/c1-2-27-12-14(11-26-27)28-20(13-7-8-13)22(29-18-6-4-3-5-17(18)24)15-9-10-16(23)19(25)21(15)28/h3-6,9-13H,2,7-8H2,1H3. The summed E-state index contributed by atoms with van der Waals surface area (Å²) in [6.45, 7) is 2.72. The Bertz CT molecular complexity index is 1230. The van der Waals surface area contributed by atoms with Crippen LogP contribution in [0, 0.1) is 11.6 Å². The second-order valence-corrected chi connectivity index (χ2v) is 8.63. The third-order valence-corrected chi connectivity index (χ3v) is 6.70. The lowest BCUT2D eigenvalue weighted by Crippen LogP contribution is -2.00. The smallest absolute Gasteiger partial charge is 0.166 e. The normalized spacial score (nSPS) is 14.1. The van der Waals surface area contributed by atoms with Crippen molar-refractivity contribution in [2.24, 2.45) is 0 Å². The van der Waals surface area contributed by atoms with E-state index in [4.69, 9.17) is 11.6 Å². The minimum atomic E-state index is -0.462. The maximum Gasteiger partial charge on any atom is 0.166 e. The van der Waals surface area contributed by atoms with E-state index in [2.05, 4.69) is 5.10 Å². The molecule has 1 aliphatic carbocycles. The Morgan fingerprint density at radius 3 is 2.66 bits per heavy atom. The second-order valence-electron chi connectivity index (χ2n) is 7.17. The topological polar surface area (TPSA) is 22.8 Å². The van der Waals surface area contributed by atoms with E-state index in [-0.39, 0.29) is 10.8 Å². The molecule has 0 N–H and O–H groups in total. The van der Waals surface area contributed by atoms with E-state index in [1.807, 2.05) is 34.5 Å². The number of nitrogens with zero attached hydrogens (tertiary/aromatic N) is 3. The van der Waals surface area contributed by atoms with Crippen molar-refractivity contribution >= 4 is 34.3 Å². The minimum Gasteiger partial charge on any atom is -0.306 e. The van der Waals surface area contributed by atoms with Crippen LogP contribution in [0.2, 0.25) is 5.02 Å². The second kappa shape index (κ2) is 7.18. The van der Waals surface area contributed by atoms with Gasteiger partial charge in [0.2, 0.25) is 0 Å². The number of rotatable bonds is 5. The SMILES string of the molecule is CCn1cc(-n2c(C3CC3)c(Sc3ccccc3F)c3ccc(Cl)c(F)c32)cn1. The van der Waals surface area contributed by atoms with Gasteiger partial charge in [-0.05, 0) is 44.0 Å². The fraction of sp³-hybridized carbons (Fsp3) is 0.227. The van der Waals surface area contributed by atoms with Crippen molar-refractivity contribution in [2.45, 2.75) is 42.0 Å². The summed E-state index contributed by atoms with van der Waals surface area (Å²) < 4.78 is 33.4. The molecule has 2 aromatic carbocycles. The first-order chi connectivity index (χ1) is 14.1. The number of aromatic nitrogens is 3. The first-order valence-corrected chi connectivity index (χ1v) is 10.8. The highest BCUT2D eigenvalue weighted by Gasteiger charge is 2.34. The molecule has 7 heteroatoms. The summed E-state index contributed by atoms with van der Waals surface area (Å²) in [5.74, 6) is -0.441. The van der Waals surface area contributed by atoms with Gasteiger partial charge in [0.05, 0.1) is 22.4 Å². The molecule has 4 aromatic rings. The molecule has 0 atom stereocenters. The fourth-order valence-corrected chi connectivity index (χ4v) is 5.00. The number of halogens is 3. The van der Waals surface area contributed by atoms with Crippen molar-refractivity contribution < 1.29 is 8.78 Å².